The predicted octanol–water partition coefficient (Wildman–Crippen LogP) is 4.45. The maximum Gasteiger partial charge on any atom is 0.339 e. The summed E-state index contributed by atoms with van der Waals surface area (Å²) >= 11 is 0. The van der Waals surface area contributed by atoms with Crippen LogP contribution in [0.25, 0.3) is 6.08 Å². The summed E-state index contributed by atoms with van der Waals surface area (Å²) in [5.41, 5.74) is 1.41. The molecule has 0 aliphatic rings. The third-order valence-corrected chi connectivity index (χ3v) is 5.41. The molecule has 1 N–H and O–H groups in total. The Labute approximate surface area is 179 Å². The predicted molar refractivity (Wildman–Crippen MR) is 114 cm³/mol. The summed E-state index contributed by atoms with van der Waals surface area (Å²) in [5, 5.41) is 11.8. The van der Waals surface area contributed by atoms with Crippen LogP contribution in [0.3, 0.4) is 0 Å². The molecule has 0 bridgehead atoms. The van der Waals surface area contributed by atoms with Crippen LogP contribution in [0.4, 0.5) is 10.1 Å². The molecule has 1 amide bonds. The van der Waals surface area contributed by atoms with Crippen LogP contribution in [0.2, 0.25) is 0 Å². The first-order valence-electron chi connectivity index (χ1n) is 9.07. The van der Waals surface area contributed by atoms with Crippen molar-refractivity contribution in [1.29, 1.82) is 5.26 Å². The number of nitriles is 1. The molecule has 6 nitrogen and oxygen atoms in total. The van der Waals surface area contributed by atoms with E-state index in [0.717, 1.165) is 5.56 Å². The molecule has 0 spiro atoms. The molecule has 0 fully saturated rings. The van der Waals surface area contributed by atoms with E-state index in [1.165, 1.54) is 54.6 Å². The molecule has 31 heavy (non-hydrogen) atoms. The Hall–Kier alpha value is -3.96. The van der Waals surface area contributed by atoms with Crippen molar-refractivity contribution in [2.75, 3.05) is 5.32 Å². The topological polar surface area (TPSA) is 96.3 Å². The van der Waals surface area contributed by atoms with Gasteiger partial charge in [-0.1, -0.05) is 29.8 Å². The van der Waals surface area contributed by atoms with E-state index in [2.05, 4.69) is 5.32 Å². The monoisotopic (exact) mass is 436 g/mol. The van der Waals surface area contributed by atoms with E-state index < -0.39 is 21.8 Å². The van der Waals surface area contributed by atoms with Crippen molar-refractivity contribution in [2.45, 2.75) is 11.8 Å². The third-order valence-electron chi connectivity index (χ3n) is 4.15. The Balaban J connectivity index is 1.80. The van der Waals surface area contributed by atoms with Gasteiger partial charge in [0.15, 0.2) is 0 Å². The van der Waals surface area contributed by atoms with Crippen LogP contribution in [0.1, 0.15) is 11.1 Å². The molecule has 0 aliphatic carbocycles. The van der Waals surface area contributed by atoms with Gasteiger partial charge in [-0.15, -0.1) is 0 Å². The van der Waals surface area contributed by atoms with E-state index in [1.807, 2.05) is 6.92 Å². The Morgan fingerprint density at radius 2 is 1.74 bits per heavy atom. The fourth-order valence-electron chi connectivity index (χ4n) is 2.58. The molecular weight excluding hydrogens is 419 g/mol. The minimum atomic E-state index is -4.04. The van der Waals surface area contributed by atoms with E-state index in [9.17, 15) is 22.9 Å². The van der Waals surface area contributed by atoms with Crippen LogP contribution in [0, 0.1) is 24.1 Å². The molecule has 0 saturated heterocycles. The lowest BCUT2D eigenvalue weighted by atomic mass is 10.1. The number of halogens is 1. The van der Waals surface area contributed by atoms with Crippen molar-refractivity contribution in [3.05, 3.63) is 95.3 Å². The van der Waals surface area contributed by atoms with Crippen LogP contribution in [0.15, 0.2) is 83.3 Å². The smallest absolute Gasteiger partial charge is 0.339 e. The van der Waals surface area contributed by atoms with Crippen LogP contribution in [-0.2, 0) is 14.9 Å². The molecule has 0 unspecified atom stereocenters. The summed E-state index contributed by atoms with van der Waals surface area (Å²) in [4.78, 5) is 12.3. The number of carbonyl (C=O) groups excluding carboxylic acids is 1. The Morgan fingerprint density at radius 3 is 2.39 bits per heavy atom. The van der Waals surface area contributed by atoms with Crippen molar-refractivity contribution >= 4 is 27.8 Å². The van der Waals surface area contributed by atoms with Crippen LogP contribution < -0.4 is 9.50 Å². The number of carbonyl (C=O) groups is 1. The third kappa shape index (κ3) is 5.78. The van der Waals surface area contributed by atoms with Crippen molar-refractivity contribution in [2.24, 2.45) is 0 Å². The van der Waals surface area contributed by atoms with Crippen molar-refractivity contribution in [3.63, 3.8) is 0 Å². The molecular formula is C23H17FN2O4S. The first-order chi connectivity index (χ1) is 14.8. The van der Waals surface area contributed by atoms with Crippen LogP contribution in [0.5, 0.6) is 5.75 Å². The quantitative estimate of drug-likeness (QED) is 0.350. The molecule has 0 radical (unpaired) electrons. The summed E-state index contributed by atoms with van der Waals surface area (Å²) in [6.07, 6.45) is 1.30. The van der Waals surface area contributed by atoms with E-state index >= 15 is 0 Å². The van der Waals surface area contributed by atoms with Gasteiger partial charge < -0.3 is 9.50 Å². The molecule has 0 heterocycles. The zero-order chi connectivity index (χ0) is 22.4. The van der Waals surface area contributed by atoms with Gasteiger partial charge in [0, 0.05) is 5.69 Å². The highest BCUT2D eigenvalue weighted by molar-refractivity contribution is 7.87. The summed E-state index contributed by atoms with van der Waals surface area (Å²) in [7, 11) is -4.04. The summed E-state index contributed by atoms with van der Waals surface area (Å²) in [6.45, 7) is 1.84. The molecule has 0 aliphatic heterocycles. The fourth-order valence-corrected chi connectivity index (χ4v) is 3.51. The maximum absolute atomic E-state index is 13.0. The number of nitrogens with one attached hydrogen (secondary N) is 1. The largest absolute Gasteiger partial charge is 0.379 e. The number of benzene rings is 3. The zero-order valence-corrected chi connectivity index (χ0v) is 17.2. The van der Waals surface area contributed by atoms with Gasteiger partial charge in [0.2, 0.25) is 0 Å². The van der Waals surface area contributed by atoms with E-state index in [4.69, 9.17) is 4.18 Å². The lowest BCUT2D eigenvalue weighted by Gasteiger charge is -2.08. The number of hydrogen-bond acceptors (Lipinski definition) is 5. The van der Waals surface area contributed by atoms with Gasteiger partial charge in [-0.3, -0.25) is 4.79 Å². The summed E-state index contributed by atoms with van der Waals surface area (Å²) < 4.78 is 43.1. The van der Waals surface area contributed by atoms with Crippen LogP contribution in [-0.4, -0.2) is 14.3 Å². The van der Waals surface area contributed by atoms with Gasteiger partial charge in [0.1, 0.15) is 28.1 Å². The van der Waals surface area contributed by atoms with Crippen LogP contribution >= 0.6 is 0 Å². The molecule has 0 saturated carbocycles. The minimum absolute atomic E-state index is 0.00966. The second-order valence-corrected chi connectivity index (χ2v) is 8.10. The average molecular weight is 436 g/mol. The van der Waals surface area contributed by atoms with Gasteiger partial charge in [0.05, 0.1) is 0 Å². The van der Waals surface area contributed by atoms with Crippen molar-refractivity contribution in [1.82, 2.24) is 0 Å². The second-order valence-electron chi connectivity index (χ2n) is 6.55. The van der Waals surface area contributed by atoms with Gasteiger partial charge in [-0.2, -0.15) is 13.7 Å². The standard InChI is InChI=1S/C23H17FN2O4S/c1-16-5-11-22(12-6-16)31(28,29)30-21-4-2-3-17(14-21)13-18(15-25)23(27)26-20-9-7-19(24)8-10-20/h2-14H,1H3,(H,26,27)/b18-13-. The Bertz CT molecular complexity index is 1280. The SMILES string of the molecule is Cc1ccc(S(=O)(=O)Oc2cccc(/C=C(/C#N)C(=O)Nc3ccc(F)cc3)c2)cc1. The molecule has 3 aromatic rings. The number of nitrogens with zero attached hydrogens (tertiary/aromatic N) is 1. The van der Waals surface area contributed by atoms with Crippen molar-refractivity contribution < 1.29 is 21.8 Å². The highest BCUT2D eigenvalue weighted by atomic mass is 32.2. The normalized spacial score (nSPS) is 11.5. The van der Waals surface area contributed by atoms with E-state index in [-0.39, 0.29) is 16.2 Å². The zero-order valence-electron chi connectivity index (χ0n) is 16.4. The Kier molecular flexibility index (Phi) is 6.48. The molecule has 3 rings (SSSR count). The molecule has 8 heteroatoms. The first kappa shape index (κ1) is 21.7. The van der Waals surface area contributed by atoms with Gasteiger partial charge in [0.25, 0.3) is 5.91 Å². The highest BCUT2D eigenvalue weighted by Crippen LogP contribution is 2.22. The molecule has 0 atom stereocenters. The number of aryl methyl sites for hydroxylation is 1. The van der Waals surface area contributed by atoms with Gasteiger partial charge >= 0.3 is 10.1 Å². The average Bonchev–Trinajstić information content (AvgIpc) is 2.74. The number of anilines is 1. The lowest BCUT2D eigenvalue weighted by Crippen LogP contribution is -2.13. The number of hydrogen-bond donors (Lipinski definition) is 1. The van der Waals surface area contributed by atoms with Gasteiger partial charge in [-0.05, 0) is 67.1 Å². The minimum Gasteiger partial charge on any atom is -0.379 e. The van der Waals surface area contributed by atoms with Gasteiger partial charge in [-0.25, -0.2) is 4.39 Å². The highest BCUT2D eigenvalue weighted by Gasteiger charge is 2.17. The first-order valence-corrected chi connectivity index (χ1v) is 10.5. The van der Waals surface area contributed by atoms with Crippen molar-refractivity contribution in [3.8, 4) is 11.8 Å². The van der Waals surface area contributed by atoms with E-state index in [1.54, 1.807) is 30.3 Å². The Morgan fingerprint density at radius 1 is 1.06 bits per heavy atom. The fraction of sp³-hybridized carbons (Fsp3) is 0.0435. The molecule has 156 valence electrons. The summed E-state index contributed by atoms with van der Waals surface area (Å²) in [5.74, 6) is -1.11. The molecule has 0 aromatic heterocycles. The molecule has 3 aromatic carbocycles. The number of amides is 1. The second kappa shape index (κ2) is 9.24. The maximum atomic E-state index is 13.0. The lowest BCUT2D eigenvalue weighted by molar-refractivity contribution is -0.112. The number of rotatable bonds is 6. The summed E-state index contributed by atoms with van der Waals surface area (Å²) in [6, 6.07) is 19.1. The van der Waals surface area contributed by atoms with E-state index in [0.29, 0.717) is 11.3 Å².